The molecule has 0 amide bonds. The lowest BCUT2D eigenvalue weighted by molar-refractivity contribution is -0.245. The summed E-state index contributed by atoms with van der Waals surface area (Å²) in [5.41, 5.74) is 0.169. The van der Waals surface area contributed by atoms with Gasteiger partial charge in [-0.2, -0.15) is 0 Å². The maximum absolute atomic E-state index is 11.2. The van der Waals surface area contributed by atoms with Crippen LogP contribution in [0.25, 0.3) is 0 Å². The highest BCUT2D eigenvalue weighted by Crippen LogP contribution is 2.67. The normalized spacial score (nSPS) is 32.8. The summed E-state index contributed by atoms with van der Waals surface area (Å²) in [5.74, 6) is -0.0131. The molecule has 0 bridgehead atoms. The van der Waals surface area contributed by atoms with E-state index in [4.69, 9.17) is 4.74 Å². The van der Waals surface area contributed by atoms with E-state index in [0.717, 1.165) is 12.8 Å². The summed E-state index contributed by atoms with van der Waals surface area (Å²) < 4.78 is 5.58. The van der Waals surface area contributed by atoms with Crippen LogP contribution >= 0.6 is 0 Å². The number of ether oxygens (including phenoxy) is 1. The van der Waals surface area contributed by atoms with Gasteiger partial charge in [-0.15, -0.1) is 0 Å². The van der Waals surface area contributed by atoms with Crippen LogP contribution in [-0.2, 0) is 9.53 Å². The van der Waals surface area contributed by atoms with Gasteiger partial charge in [0.15, 0.2) is 0 Å². The first-order chi connectivity index (χ1) is 5.81. The van der Waals surface area contributed by atoms with E-state index in [2.05, 4.69) is 27.7 Å². The van der Waals surface area contributed by atoms with E-state index in [1.54, 1.807) is 0 Å². The molecule has 0 aromatic heterocycles. The van der Waals surface area contributed by atoms with E-state index in [1.807, 2.05) is 0 Å². The second-order valence-corrected chi connectivity index (χ2v) is 5.75. The van der Waals surface area contributed by atoms with Crippen molar-refractivity contribution in [3.63, 3.8) is 0 Å². The van der Waals surface area contributed by atoms with Crippen molar-refractivity contribution in [1.29, 1.82) is 0 Å². The first kappa shape index (κ1) is 9.04. The summed E-state index contributed by atoms with van der Waals surface area (Å²) in [5, 5.41) is 0. The van der Waals surface area contributed by atoms with Crippen LogP contribution in [0.4, 0.5) is 0 Å². The monoisotopic (exact) mass is 182 g/mol. The van der Waals surface area contributed by atoms with Crippen LogP contribution in [-0.4, -0.2) is 11.6 Å². The largest absolute Gasteiger partial charge is 0.458 e. The fourth-order valence-corrected chi connectivity index (χ4v) is 3.73. The van der Waals surface area contributed by atoms with Crippen molar-refractivity contribution in [2.24, 2.45) is 10.8 Å². The van der Waals surface area contributed by atoms with Crippen molar-refractivity contribution in [2.75, 3.05) is 0 Å². The molecule has 1 saturated heterocycles. The Morgan fingerprint density at radius 2 is 1.69 bits per heavy atom. The Morgan fingerprint density at radius 1 is 1.15 bits per heavy atom. The van der Waals surface area contributed by atoms with E-state index in [0.29, 0.717) is 6.42 Å². The van der Waals surface area contributed by atoms with Crippen molar-refractivity contribution >= 4 is 5.97 Å². The average molecular weight is 182 g/mol. The zero-order valence-electron chi connectivity index (χ0n) is 8.94. The Bertz CT molecular complexity index is 249. The summed E-state index contributed by atoms with van der Waals surface area (Å²) in [4.78, 5) is 11.2. The van der Waals surface area contributed by atoms with Crippen LogP contribution < -0.4 is 0 Å². The molecule has 2 aliphatic rings. The van der Waals surface area contributed by atoms with Gasteiger partial charge in [-0.3, -0.25) is 4.79 Å². The van der Waals surface area contributed by atoms with E-state index in [9.17, 15) is 4.79 Å². The molecule has 1 aliphatic heterocycles. The highest BCUT2D eigenvalue weighted by atomic mass is 16.6. The topological polar surface area (TPSA) is 26.3 Å². The Morgan fingerprint density at radius 3 is 1.92 bits per heavy atom. The van der Waals surface area contributed by atoms with Gasteiger partial charge in [-0.1, -0.05) is 27.7 Å². The molecule has 0 N–H and O–H groups in total. The van der Waals surface area contributed by atoms with E-state index < -0.39 is 0 Å². The third-order valence-corrected chi connectivity index (χ3v) is 4.04. The van der Waals surface area contributed by atoms with E-state index in [-0.39, 0.29) is 22.4 Å². The standard InChI is InChI=1S/C11H18O2/c1-9(2)7-10(3,4)11(9)6-5-8(12)13-11/h5-7H2,1-4H3. The zero-order chi connectivity index (χ0) is 9.91. The number of carbonyl (C=O) groups is 1. The zero-order valence-corrected chi connectivity index (χ0v) is 8.94. The van der Waals surface area contributed by atoms with Crippen molar-refractivity contribution in [3.8, 4) is 0 Å². The number of carbonyl (C=O) groups excluding carboxylic acids is 1. The van der Waals surface area contributed by atoms with Gasteiger partial charge >= 0.3 is 5.97 Å². The summed E-state index contributed by atoms with van der Waals surface area (Å²) >= 11 is 0. The Balaban J connectivity index is 2.34. The first-order valence-corrected chi connectivity index (χ1v) is 5.03. The lowest BCUT2D eigenvalue weighted by Gasteiger charge is -2.64. The molecule has 74 valence electrons. The van der Waals surface area contributed by atoms with Crippen molar-refractivity contribution in [3.05, 3.63) is 0 Å². The summed E-state index contributed by atoms with van der Waals surface area (Å²) in [6.07, 6.45) is 2.66. The molecule has 1 aliphatic carbocycles. The van der Waals surface area contributed by atoms with Gasteiger partial charge in [0, 0.05) is 17.3 Å². The second-order valence-electron chi connectivity index (χ2n) is 5.75. The van der Waals surface area contributed by atoms with Crippen molar-refractivity contribution in [1.82, 2.24) is 0 Å². The number of hydrogen-bond donors (Lipinski definition) is 0. The van der Waals surface area contributed by atoms with Crippen LogP contribution in [0.2, 0.25) is 0 Å². The quantitative estimate of drug-likeness (QED) is 0.538. The maximum Gasteiger partial charge on any atom is 0.306 e. The first-order valence-electron chi connectivity index (χ1n) is 5.03. The minimum Gasteiger partial charge on any atom is -0.458 e. The summed E-state index contributed by atoms with van der Waals surface area (Å²) in [6, 6.07) is 0. The Kier molecular flexibility index (Phi) is 1.46. The van der Waals surface area contributed by atoms with Crippen molar-refractivity contribution in [2.45, 2.75) is 52.6 Å². The van der Waals surface area contributed by atoms with Gasteiger partial charge < -0.3 is 4.74 Å². The highest BCUT2D eigenvalue weighted by molar-refractivity contribution is 5.73. The van der Waals surface area contributed by atoms with Gasteiger partial charge in [0.1, 0.15) is 5.60 Å². The molecule has 2 fully saturated rings. The molecule has 1 spiro atoms. The minimum absolute atomic E-state index is 0.0131. The van der Waals surface area contributed by atoms with Crippen LogP contribution in [0.15, 0.2) is 0 Å². The smallest absolute Gasteiger partial charge is 0.306 e. The van der Waals surface area contributed by atoms with Crippen LogP contribution in [0.1, 0.15) is 47.0 Å². The van der Waals surface area contributed by atoms with Crippen LogP contribution in [0, 0.1) is 10.8 Å². The molecule has 13 heavy (non-hydrogen) atoms. The van der Waals surface area contributed by atoms with Gasteiger partial charge in [0.05, 0.1) is 0 Å². The number of rotatable bonds is 0. The molecule has 0 aromatic rings. The fourth-order valence-electron chi connectivity index (χ4n) is 3.73. The average Bonchev–Trinajstić information content (AvgIpc) is 2.31. The number of hydrogen-bond acceptors (Lipinski definition) is 2. The van der Waals surface area contributed by atoms with Crippen LogP contribution in [0.3, 0.4) is 0 Å². The number of esters is 1. The molecule has 1 saturated carbocycles. The minimum atomic E-state index is -0.170. The SMILES string of the molecule is CC1(C)CC(C)(C)C12CCC(=O)O2. The maximum atomic E-state index is 11.2. The molecule has 0 radical (unpaired) electrons. The summed E-state index contributed by atoms with van der Waals surface area (Å²) in [7, 11) is 0. The third-order valence-electron chi connectivity index (χ3n) is 4.04. The molecule has 1 heterocycles. The van der Waals surface area contributed by atoms with Crippen LogP contribution in [0.5, 0.6) is 0 Å². The Hall–Kier alpha value is -0.530. The molecule has 2 nitrogen and oxygen atoms in total. The molecule has 2 rings (SSSR count). The highest BCUT2D eigenvalue weighted by Gasteiger charge is 2.69. The Labute approximate surface area is 79.7 Å². The summed E-state index contributed by atoms with van der Waals surface area (Å²) in [6.45, 7) is 8.82. The van der Waals surface area contributed by atoms with E-state index in [1.165, 1.54) is 0 Å². The molecule has 0 aromatic carbocycles. The van der Waals surface area contributed by atoms with Gasteiger partial charge in [0.25, 0.3) is 0 Å². The predicted octanol–water partition coefficient (Wildman–Crippen LogP) is 2.52. The predicted molar refractivity (Wildman–Crippen MR) is 50.2 cm³/mol. The third kappa shape index (κ3) is 0.866. The van der Waals surface area contributed by atoms with Gasteiger partial charge in [-0.05, 0) is 12.8 Å². The molecular formula is C11H18O2. The fraction of sp³-hybridized carbons (Fsp3) is 0.909. The van der Waals surface area contributed by atoms with Gasteiger partial charge in [-0.25, -0.2) is 0 Å². The molecular weight excluding hydrogens is 164 g/mol. The van der Waals surface area contributed by atoms with Gasteiger partial charge in [0.2, 0.25) is 0 Å². The second kappa shape index (κ2) is 2.10. The van der Waals surface area contributed by atoms with E-state index >= 15 is 0 Å². The molecule has 0 atom stereocenters. The molecule has 0 unspecified atom stereocenters. The lowest BCUT2D eigenvalue weighted by atomic mass is 9.44. The van der Waals surface area contributed by atoms with Crippen molar-refractivity contribution < 1.29 is 9.53 Å². The lowest BCUT2D eigenvalue weighted by Crippen LogP contribution is -2.66. The molecule has 2 heteroatoms.